The Kier molecular flexibility index (Phi) is 5.39. The standard InChI is InChI=1S/C14H27N3O3/c1-10-6-7-17(11(10)12(18)19)13(20)15-8-14(2,3)9-16(4)5/h10-11H,6-9H2,1-5H3,(H,15,20)(H,18,19). The molecule has 20 heavy (non-hydrogen) atoms. The predicted molar refractivity (Wildman–Crippen MR) is 77.6 cm³/mol. The van der Waals surface area contributed by atoms with Crippen molar-refractivity contribution < 1.29 is 14.7 Å². The molecule has 2 atom stereocenters. The van der Waals surface area contributed by atoms with Crippen LogP contribution in [0.3, 0.4) is 0 Å². The molecule has 0 aromatic heterocycles. The number of carbonyl (C=O) groups excluding carboxylic acids is 1. The van der Waals surface area contributed by atoms with Gasteiger partial charge in [-0.15, -0.1) is 0 Å². The number of carboxylic acid groups (broad SMARTS) is 1. The molecule has 0 aliphatic carbocycles. The van der Waals surface area contributed by atoms with Crippen molar-refractivity contribution >= 4 is 12.0 Å². The molecule has 2 amide bonds. The normalized spacial score (nSPS) is 23.2. The van der Waals surface area contributed by atoms with E-state index in [-0.39, 0.29) is 17.4 Å². The molecule has 0 radical (unpaired) electrons. The number of rotatable bonds is 5. The van der Waals surface area contributed by atoms with Crippen LogP contribution in [0.25, 0.3) is 0 Å². The van der Waals surface area contributed by atoms with Crippen molar-refractivity contribution in [3.05, 3.63) is 0 Å². The maximum absolute atomic E-state index is 12.2. The number of nitrogens with zero attached hydrogens (tertiary/aromatic N) is 2. The second-order valence-corrected chi connectivity index (χ2v) is 6.80. The van der Waals surface area contributed by atoms with Crippen LogP contribution in [0.2, 0.25) is 0 Å². The molecule has 0 bridgehead atoms. The first kappa shape index (κ1) is 16.8. The third-order valence-corrected chi connectivity index (χ3v) is 3.68. The fourth-order valence-electron chi connectivity index (χ4n) is 2.88. The van der Waals surface area contributed by atoms with Crippen LogP contribution < -0.4 is 5.32 Å². The number of hydrogen-bond donors (Lipinski definition) is 2. The highest BCUT2D eigenvalue weighted by Gasteiger charge is 2.39. The lowest BCUT2D eigenvalue weighted by Crippen LogP contribution is -2.50. The van der Waals surface area contributed by atoms with Gasteiger partial charge in [0.25, 0.3) is 0 Å². The van der Waals surface area contributed by atoms with Gasteiger partial charge in [-0.05, 0) is 31.8 Å². The second kappa shape index (κ2) is 6.43. The molecule has 1 aliphatic heterocycles. The highest BCUT2D eigenvalue weighted by Crippen LogP contribution is 2.24. The molecule has 1 rings (SSSR count). The van der Waals surface area contributed by atoms with E-state index in [0.717, 1.165) is 13.0 Å². The molecule has 1 heterocycles. The molecule has 0 aromatic carbocycles. The summed E-state index contributed by atoms with van der Waals surface area (Å²) in [6, 6.07) is -0.972. The average molecular weight is 285 g/mol. The summed E-state index contributed by atoms with van der Waals surface area (Å²) in [4.78, 5) is 26.9. The molecule has 0 spiro atoms. The molecular formula is C14H27N3O3. The van der Waals surface area contributed by atoms with Gasteiger partial charge in [0.2, 0.25) is 0 Å². The van der Waals surface area contributed by atoms with Crippen molar-refractivity contribution in [2.45, 2.75) is 33.2 Å². The van der Waals surface area contributed by atoms with Crippen molar-refractivity contribution in [3.8, 4) is 0 Å². The zero-order valence-electron chi connectivity index (χ0n) is 13.1. The van der Waals surface area contributed by atoms with Crippen molar-refractivity contribution in [1.82, 2.24) is 15.1 Å². The Balaban J connectivity index is 2.57. The van der Waals surface area contributed by atoms with Crippen LogP contribution >= 0.6 is 0 Å². The van der Waals surface area contributed by atoms with Crippen LogP contribution in [0, 0.1) is 11.3 Å². The number of amides is 2. The molecule has 6 nitrogen and oxygen atoms in total. The third-order valence-electron chi connectivity index (χ3n) is 3.68. The quantitative estimate of drug-likeness (QED) is 0.793. The largest absolute Gasteiger partial charge is 0.480 e. The van der Waals surface area contributed by atoms with Crippen LogP contribution in [0.15, 0.2) is 0 Å². The van der Waals surface area contributed by atoms with E-state index in [1.807, 2.05) is 21.0 Å². The fraction of sp³-hybridized carbons (Fsp3) is 0.857. The number of hydrogen-bond acceptors (Lipinski definition) is 3. The highest BCUT2D eigenvalue weighted by molar-refractivity contribution is 5.83. The van der Waals surface area contributed by atoms with E-state index in [1.54, 1.807) is 0 Å². The van der Waals surface area contributed by atoms with Crippen molar-refractivity contribution in [1.29, 1.82) is 0 Å². The average Bonchev–Trinajstić information content (AvgIpc) is 2.66. The summed E-state index contributed by atoms with van der Waals surface area (Å²) in [5.74, 6) is -0.911. The first-order chi connectivity index (χ1) is 9.14. The highest BCUT2D eigenvalue weighted by atomic mass is 16.4. The minimum Gasteiger partial charge on any atom is -0.480 e. The summed E-state index contributed by atoms with van der Waals surface area (Å²) in [7, 11) is 3.98. The molecule has 116 valence electrons. The van der Waals surface area contributed by atoms with Gasteiger partial charge in [-0.25, -0.2) is 9.59 Å². The Morgan fingerprint density at radius 1 is 1.40 bits per heavy atom. The van der Waals surface area contributed by atoms with E-state index < -0.39 is 12.0 Å². The van der Waals surface area contributed by atoms with Crippen LogP contribution in [0.5, 0.6) is 0 Å². The molecular weight excluding hydrogens is 258 g/mol. The van der Waals surface area contributed by atoms with Crippen LogP contribution in [0.1, 0.15) is 27.2 Å². The Labute approximate surface area is 121 Å². The smallest absolute Gasteiger partial charge is 0.326 e. The van der Waals surface area contributed by atoms with Crippen molar-refractivity contribution in [3.63, 3.8) is 0 Å². The fourth-order valence-corrected chi connectivity index (χ4v) is 2.88. The third kappa shape index (κ3) is 4.37. The zero-order valence-corrected chi connectivity index (χ0v) is 13.1. The van der Waals surface area contributed by atoms with Gasteiger partial charge in [-0.1, -0.05) is 20.8 Å². The van der Waals surface area contributed by atoms with E-state index in [1.165, 1.54) is 4.90 Å². The Hall–Kier alpha value is -1.30. The van der Waals surface area contributed by atoms with Crippen LogP contribution in [-0.4, -0.2) is 66.7 Å². The first-order valence-electron chi connectivity index (χ1n) is 7.06. The van der Waals surface area contributed by atoms with E-state index in [2.05, 4.69) is 24.1 Å². The summed E-state index contributed by atoms with van der Waals surface area (Å²) in [5, 5.41) is 12.1. The van der Waals surface area contributed by atoms with Gasteiger partial charge in [-0.3, -0.25) is 0 Å². The van der Waals surface area contributed by atoms with Gasteiger partial charge in [0.1, 0.15) is 6.04 Å². The summed E-state index contributed by atoms with van der Waals surface area (Å²) in [6.45, 7) is 7.93. The molecule has 1 fully saturated rings. The number of carbonyl (C=O) groups is 2. The molecule has 0 aromatic rings. The lowest BCUT2D eigenvalue weighted by molar-refractivity contribution is -0.142. The lowest BCUT2D eigenvalue weighted by Gasteiger charge is -2.30. The van der Waals surface area contributed by atoms with Crippen LogP contribution in [-0.2, 0) is 4.79 Å². The van der Waals surface area contributed by atoms with Gasteiger partial charge in [0.15, 0.2) is 0 Å². The van der Waals surface area contributed by atoms with Crippen molar-refractivity contribution in [2.24, 2.45) is 11.3 Å². The maximum Gasteiger partial charge on any atom is 0.326 e. The number of nitrogens with one attached hydrogen (secondary N) is 1. The summed E-state index contributed by atoms with van der Waals surface area (Å²) in [6.07, 6.45) is 0.742. The van der Waals surface area contributed by atoms with E-state index >= 15 is 0 Å². The molecule has 0 saturated carbocycles. The molecule has 2 unspecified atom stereocenters. The summed E-state index contributed by atoms with van der Waals surface area (Å²) < 4.78 is 0. The monoisotopic (exact) mass is 285 g/mol. The number of urea groups is 1. The molecule has 1 aliphatic rings. The van der Waals surface area contributed by atoms with Gasteiger partial charge < -0.3 is 20.2 Å². The van der Waals surface area contributed by atoms with E-state index in [4.69, 9.17) is 0 Å². The maximum atomic E-state index is 12.2. The SMILES string of the molecule is CC1CCN(C(=O)NCC(C)(C)CN(C)C)C1C(=O)O. The Morgan fingerprint density at radius 2 is 2.00 bits per heavy atom. The molecule has 2 N–H and O–H groups in total. The summed E-state index contributed by atoms with van der Waals surface area (Å²) in [5.41, 5.74) is -0.0524. The van der Waals surface area contributed by atoms with Gasteiger partial charge in [0.05, 0.1) is 0 Å². The second-order valence-electron chi connectivity index (χ2n) is 6.80. The summed E-state index contributed by atoms with van der Waals surface area (Å²) >= 11 is 0. The predicted octanol–water partition coefficient (Wildman–Crippen LogP) is 1.08. The minimum absolute atomic E-state index is 0.00744. The zero-order chi connectivity index (χ0) is 15.5. The van der Waals surface area contributed by atoms with Gasteiger partial charge >= 0.3 is 12.0 Å². The number of carboxylic acids is 1. The van der Waals surface area contributed by atoms with E-state index in [9.17, 15) is 14.7 Å². The van der Waals surface area contributed by atoms with Gasteiger partial charge in [-0.2, -0.15) is 0 Å². The van der Waals surface area contributed by atoms with Crippen molar-refractivity contribution in [2.75, 3.05) is 33.7 Å². The number of likely N-dealkylation sites (tertiary alicyclic amines) is 1. The first-order valence-corrected chi connectivity index (χ1v) is 7.06. The Bertz CT molecular complexity index is 369. The molecule has 1 saturated heterocycles. The molecule has 6 heteroatoms. The Morgan fingerprint density at radius 3 is 2.50 bits per heavy atom. The topological polar surface area (TPSA) is 72.9 Å². The number of aliphatic carboxylic acids is 1. The van der Waals surface area contributed by atoms with Gasteiger partial charge in [0, 0.05) is 19.6 Å². The lowest BCUT2D eigenvalue weighted by atomic mass is 9.93. The minimum atomic E-state index is -0.919. The van der Waals surface area contributed by atoms with Crippen LogP contribution in [0.4, 0.5) is 4.79 Å². The van der Waals surface area contributed by atoms with E-state index in [0.29, 0.717) is 13.1 Å².